The van der Waals surface area contributed by atoms with Crippen LogP contribution in [-0.4, -0.2) is 37.1 Å². The Kier molecular flexibility index (Phi) is 12.3. The molecule has 0 bridgehead atoms. The fraction of sp³-hybridized carbons (Fsp3) is 0.950. The number of carbonyl (C=O) groups excluding carboxylic acids is 1. The van der Waals surface area contributed by atoms with Gasteiger partial charge in [-0.05, 0) is 32.1 Å². The summed E-state index contributed by atoms with van der Waals surface area (Å²) in [5.41, 5.74) is 0. The van der Waals surface area contributed by atoms with Crippen LogP contribution < -0.4 is 0 Å². The van der Waals surface area contributed by atoms with Gasteiger partial charge in [0.1, 0.15) is 0 Å². The van der Waals surface area contributed by atoms with Crippen LogP contribution in [0.15, 0.2) is 0 Å². The van der Waals surface area contributed by atoms with E-state index in [0.717, 1.165) is 52.0 Å². The lowest BCUT2D eigenvalue weighted by Crippen LogP contribution is -2.39. The number of amides is 1. The molecule has 1 aliphatic heterocycles. The topological polar surface area (TPSA) is 29.5 Å². The molecule has 0 aromatic rings. The molecule has 0 atom stereocenters. The van der Waals surface area contributed by atoms with Crippen LogP contribution in [0.4, 0.5) is 0 Å². The first-order valence-corrected chi connectivity index (χ1v) is 10.1. The van der Waals surface area contributed by atoms with Crippen LogP contribution in [0.5, 0.6) is 0 Å². The fourth-order valence-electron chi connectivity index (χ4n) is 3.38. The molecule has 1 saturated heterocycles. The van der Waals surface area contributed by atoms with Gasteiger partial charge in [0, 0.05) is 32.7 Å². The second-order valence-electron chi connectivity index (χ2n) is 7.06. The predicted molar refractivity (Wildman–Crippen MR) is 97.6 cm³/mol. The molecule has 0 saturated carbocycles. The zero-order valence-electron chi connectivity index (χ0n) is 15.7. The summed E-state index contributed by atoms with van der Waals surface area (Å²) in [5.74, 6) is 1.04. The van der Waals surface area contributed by atoms with Crippen molar-refractivity contribution < 1.29 is 9.53 Å². The average Bonchev–Trinajstić information content (AvgIpc) is 2.58. The monoisotopic (exact) mass is 325 g/mol. The van der Waals surface area contributed by atoms with Crippen molar-refractivity contribution in [1.82, 2.24) is 4.90 Å². The summed E-state index contributed by atoms with van der Waals surface area (Å²) in [6, 6.07) is 0. The number of rotatable bonds is 13. The van der Waals surface area contributed by atoms with Gasteiger partial charge in [0.25, 0.3) is 0 Å². The molecule has 1 rings (SSSR count). The van der Waals surface area contributed by atoms with Gasteiger partial charge in [0.2, 0.25) is 5.91 Å². The standard InChI is InChI=1S/C20H39NO2/c1-3-5-6-7-8-9-10-11-12-13-20(22)21-16-14-19(15-17-21)18-23-4-2/h19H,3-18H2,1-2H3. The lowest BCUT2D eigenvalue weighted by atomic mass is 9.97. The summed E-state index contributed by atoms with van der Waals surface area (Å²) in [6.45, 7) is 7.86. The lowest BCUT2D eigenvalue weighted by Gasteiger charge is -2.32. The van der Waals surface area contributed by atoms with Crippen LogP contribution in [0.25, 0.3) is 0 Å². The summed E-state index contributed by atoms with van der Waals surface area (Å²) in [4.78, 5) is 14.3. The molecular formula is C20H39NO2. The van der Waals surface area contributed by atoms with Crippen molar-refractivity contribution in [3.63, 3.8) is 0 Å². The molecule has 0 aliphatic carbocycles. The second kappa shape index (κ2) is 13.8. The summed E-state index contributed by atoms with van der Waals surface area (Å²) < 4.78 is 5.50. The minimum atomic E-state index is 0.378. The van der Waals surface area contributed by atoms with E-state index in [-0.39, 0.29) is 0 Å². The van der Waals surface area contributed by atoms with Crippen molar-refractivity contribution in [3.8, 4) is 0 Å². The molecule has 0 N–H and O–H groups in total. The smallest absolute Gasteiger partial charge is 0.222 e. The highest BCUT2D eigenvalue weighted by atomic mass is 16.5. The molecule has 1 heterocycles. The maximum Gasteiger partial charge on any atom is 0.222 e. The van der Waals surface area contributed by atoms with Crippen LogP contribution in [0.1, 0.15) is 90.9 Å². The number of ether oxygens (including phenoxy) is 1. The Morgan fingerprint density at radius 2 is 1.48 bits per heavy atom. The summed E-state index contributed by atoms with van der Waals surface area (Å²) in [6.07, 6.45) is 14.8. The third-order valence-electron chi connectivity index (χ3n) is 5.02. The van der Waals surface area contributed by atoms with Gasteiger partial charge < -0.3 is 9.64 Å². The van der Waals surface area contributed by atoms with Crippen molar-refractivity contribution in [1.29, 1.82) is 0 Å². The molecule has 1 aliphatic rings. The van der Waals surface area contributed by atoms with Crippen LogP contribution in [-0.2, 0) is 9.53 Å². The molecule has 0 aromatic heterocycles. The quantitative estimate of drug-likeness (QED) is 0.436. The number of piperidine rings is 1. The van der Waals surface area contributed by atoms with Crippen molar-refractivity contribution in [2.75, 3.05) is 26.3 Å². The largest absolute Gasteiger partial charge is 0.381 e. The molecule has 0 unspecified atom stereocenters. The Hall–Kier alpha value is -0.570. The number of carbonyl (C=O) groups is 1. The van der Waals surface area contributed by atoms with Crippen molar-refractivity contribution in [3.05, 3.63) is 0 Å². The molecule has 23 heavy (non-hydrogen) atoms. The molecular weight excluding hydrogens is 286 g/mol. The average molecular weight is 326 g/mol. The summed E-state index contributed by atoms with van der Waals surface area (Å²) in [5, 5.41) is 0. The number of hydrogen-bond acceptors (Lipinski definition) is 2. The van der Waals surface area contributed by atoms with E-state index in [1.54, 1.807) is 0 Å². The Bertz CT molecular complexity index is 285. The van der Waals surface area contributed by atoms with E-state index in [9.17, 15) is 4.79 Å². The van der Waals surface area contributed by atoms with Gasteiger partial charge in [0.15, 0.2) is 0 Å². The summed E-state index contributed by atoms with van der Waals surface area (Å²) in [7, 11) is 0. The van der Waals surface area contributed by atoms with Gasteiger partial charge >= 0.3 is 0 Å². The predicted octanol–water partition coefficient (Wildman–Crippen LogP) is 5.18. The lowest BCUT2D eigenvalue weighted by molar-refractivity contribution is -0.133. The number of hydrogen-bond donors (Lipinski definition) is 0. The van der Waals surface area contributed by atoms with E-state index in [1.807, 2.05) is 6.92 Å². The molecule has 1 fully saturated rings. The Balaban J connectivity index is 1.94. The maximum absolute atomic E-state index is 12.2. The first-order chi connectivity index (χ1) is 11.3. The van der Waals surface area contributed by atoms with E-state index in [4.69, 9.17) is 4.74 Å². The molecule has 0 radical (unpaired) electrons. The minimum Gasteiger partial charge on any atom is -0.381 e. The Labute approximate surface area is 144 Å². The normalized spacial score (nSPS) is 16.0. The van der Waals surface area contributed by atoms with Gasteiger partial charge in [0.05, 0.1) is 0 Å². The molecule has 3 nitrogen and oxygen atoms in total. The number of nitrogens with zero attached hydrogens (tertiary/aromatic N) is 1. The first kappa shape index (κ1) is 20.5. The Morgan fingerprint density at radius 3 is 2.04 bits per heavy atom. The second-order valence-corrected chi connectivity index (χ2v) is 7.06. The number of likely N-dealkylation sites (tertiary alicyclic amines) is 1. The molecule has 136 valence electrons. The van der Waals surface area contributed by atoms with Gasteiger partial charge in [-0.15, -0.1) is 0 Å². The van der Waals surface area contributed by atoms with Crippen molar-refractivity contribution >= 4 is 5.91 Å². The van der Waals surface area contributed by atoms with Crippen LogP contribution >= 0.6 is 0 Å². The van der Waals surface area contributed by atoms with E-state index < -0.39 is 0 Å². The van der Waals surface area contributed by atoms with Gasteiger partial charge in [-0.1, -0.05) is 58.3 Å². The fourth-order valence-corrected chi connectivity index (χ4v) is 3.38. The SMILES string of the molecule is CCCCCCCCCCCC(=O)N1CCC(COCC)CC1. The minimum absolute atomic E-state index is 0.378. The summed E-state index contributed by atoms with van der Waals surface area (Å²) >= 11 is 0. The highest BCUT2D eigenvalue weighted by Gasteiger charge is 2.22. The van der Waals surface area contributed by atoms with Crippen LogP contribution in [0.3, 0.4) is 0 Å². The highest BCUT2D eigenvalue weighted by molar-refractivity contribution is 5.76. The third kappa shape index (κ3) is 10.0. The van der Waals surface area contributed by atoms with Gasteiger partial charge in [-0.3, -0.25) is 4.79 Å². The highest BCUT2D eigenvalue weighted by Crippen LogP contribution is 2.19. The van der Waals surface area contributed by atoms with Crippen LogP contribution in [0.2, 0.25) is 0 Å². The van der Waals surface area contributed by atoms with Crippen molar-refractivity contribution in [2.24, 2.45) is 5.92 Å². The van der Waals surface area contributed by atoms with Crippen LogP contribution in [0, 0.1) is 5.92 Å². The molecule has 0 spiro atoms. The molecule has 1 amide bonds. The van der Waals surface area contributed by atoms with E-state index in [2.05, 4.69) is 11.8 Å². The maximum atomic E-state index is 12.2. The Morgan fingerprint density at radius 1 is 0.913 bits per heavy atom. The molecule has 3 heteroatoms. The van der Waals surface area contributed by atoms with E-state index >= 15 is 0 Å². The third-order valence-corrected chi connectivity index (χ3v) is 5.02. The molecule has 0 aromatic carbocycles. The van der Waals surface area contributed by atoms with E-state index in [1.165, 1.54) is 51.4 Å². The zero-order chi connectivity index (χ0) is 16.8. The zero-order valence-corrected chi connectivity index (χ0v) is 15.7. The van der Waals surface area contributed by atoms with E-state index in [0.29, 0.717) is 11.8 Å². The van der Waals surface area contributed by atoms with Crippen molar-refractivity contribution in [2.45, 2.75) is 90.9 Å². The van der Waals surface area contributed by atoms with Gasteiger partial charge in [-0.2, -0.15) is 0 Å². The van der Waals surface area contributed by atoms with Gasteiger partial charge in [-0.25, -0.2) is 0 Å². The first-order valence-electron chi connectivity index (χ1n) is 10.1. The number of unbranched alkanes of at least 4 members (excludes halogenated alkanes) is 8.